The van der Waals surface area contributed by atoms with Gasteiger partial charge in [0.25, 0.3) is 0 Å². The smallest absolute Gasteiger partial charge is 0.243 e. The summed E-state index contributed by atoms with van der Waals surface area (Å²) in [6.07, 6.45) is 3.42. The number of anilines is 1. The third-order valence-corrected chi connectivity index (χ3v) is 7.14. The summed E-state index contributed by atoms with van der Waals surface area (Å²) < 4.78 is 27.4. The minimum Gasteiger partial charge on any atom is -0.312 e. The van der Waals surface area contributed by atoms with Crippen LogP contribution in [0.2, 0.25) is 0 Å². The van der Waals surface area contributed by atoms with Crippen LogP contribution < -0.4 is 4.90 Å². The Bertz CT molecular complexity index is 684. The van der Waals surface area contributed by atoms with E-state index in [1.54, 1.807) is 33.5 Å². The number of hydrogen-bond donors (Lipinski definition) is 0. The van der Waals surface area contributed by atoms with Gasteiger partial charge in [-0.2, -0.15) is 4.31 Å². The number of sulfonamides is 1. The number of rotatable bonds is 3. The number of nitrogens with zero attached hydrogens (tertiary/aromatic N) is 2. The molecule has 2 aliphatic heterocycles. The molecule has 0 N–H and O–H groups in total. The third kappa shape index (κ3) is 3.02. The van der Waals surface area contributed by atoms with Crippen molar-refractivity contribution < 1.29 is 13.2 Å². The lowest BCUT2D eigenvalue weighted by Gasteiger charge is -2.36. The molecule has 6 heteroatoms. The van der Waals surface area contributed by atoms with Gasteiger partial charge in [0.2, 0.25) is 15.9 Å². The monoisotopic (exact) mass is 336 g/mol. The van der Waals surface area contributed by atoms with Gasteiger partial charge in [0, 0.05) is 31.2 Å². The summed E-state index contributed by atoms with van der Waals surface area (Å²) in [5, 5.41) is 0. The number of piperidine rings is 1. The molecular formula is C17H24N2O3S. The Morgan fingerprint density at radius 1 is 1.04 bits per heavy atom. The lowest BCUT2D eigenvalue weighted by Crippen LogP contribution is -2.45. The quantitative estimate of drug-likeness (QED) is 0.852. The Morgan fingerprint density at radius 2 is 1.74 bits per heavy atom. The van der Waals surface area contributed by atoms with E-state index < -0.39 is 10.0 Å². The Balaban J connectivity index is 1.84. The van der Waals surface area contributed by atoms with Crippen molar-refractivity contribution in [3.63, 3.8) is 0 Å². The Kier molecular flexibility index (Phi) is 4.47. The molecule has 1 aromatic rings. The minimum absolute atomic E-state index is 0.0218. The third-order valence-electron chi connectivity index (χ3n) is 5.14. The van der Waals surface area contributed by atoms with Crippen molar-refractivity contribution in [2.45, 2.75) is 50.5 Å². The molecule has 0 spiro atoms. The highest BCUT2D eigenvalue weighted by atomic mass is 32.2. The van der Waals surface area contributed by atoms with E-state index in [1.165, 1.54) is 0 Å². The topological polar surface area (TPSA) is 57.7 Å². The summed E-state index contributed by atoms with van der Waals surface area (Å²) in [5.41, 5.74) is 0.784. The van der Waals surface area contributed by atoms with Gasteiger partial charge in [-0.25, -0.2) is 8.42 Å². The summed E-state index contributed by atoms with van der Waals surface area (Å²) in [6, 6.07) is 6.76. The van der Waals surface area contributed by atoms with E-state index in [4.69, 9.17) is 0 Å². The van der Waals surface area contributed by atoms with Crippen LogP contribution in [-0.2, 0) is 14.8 Å². The van der Waals surface area contributed by atoms with Crippen molar-refractivity contribution in [1.82, 2.24) is 4.31 Å². The number of hydrogen-bond acceptors (Lipinski definition) is 3. The summed E-state index contributed by atoms with van der Waals surface area (Å²) in [5.74, 6) is 0.485. The first-order valence-corrected chi connectivity index (χ1v) is 9.77. The molecule has 0 aliphatic carbocycles. The molecule has 3 rings (SSSR count). The summed E-state index contributed by atoms with van der Waals surface area (Å²) in [7, 11) is -3.47. The maximum atomic E-state index is 12.9. The summed E-state index contributed by atoms with van der Waals surface area (Å²) >= 11 is 0. The molecule has 1 amide bonds. The molecule has 2 atom stereocenters. The molecule has 0 aromatic heterocycles. The van der Waals surface area contributed by atoms with Crippen LogP contribution in [0.25, 0.3) is 0 Å². The SMILES string of the molecule is C[C@@H]1[C@@H](C)CCCN1S(=O)(=O)c1ccc(N2CCCC2=O)cc1. The molecule has 0 bridgehead atoms. The molecule has 2 saturated heterocycles. The first-order chi connectivity index (χ1) is 10.9. The van der Waals surface area contributed by atoms with Gasteiger partial charge in [-0.15, -0.1) is 0 Å². The fourth-order valence-corrected chi connectivity index (χ4v) is 5.26. The summed E-state index contributed by atoms with van der Waals surface area (Å²) in [4.78, 5) is 13.8. The van der Waals surface area contributed by atoms with Gasteiger partial charge in [0.15, 0.2) is 0 Å². The summed E-state index contributed by atoms with van der Waals surface area (Å²) in [6.45, 7) is 5.39. The zero-order chi connectivity index (χ0) is 16.6. The van der Waals surface area contributed by atoms with E-state index in [2.05, 4.69) is 6.92 Å². The zero-order valence-corrected chi connectivity index (χ0v) is 14.6. The van der Waals surface area contributed by atoms with E-state index in [0.717, 1.165) is 24.9 Å². The average Bonchev–Trinajstić information content (AvgIpc) is 2.96. The Hall–Kier alpha value is -1.40. The van der Waals surface area contributed by atoms with E-state index >= 15 is 0 Å². The molecular weight excluding hydrogens is 312 g/mol. The van der Waals surface area contributed by atoms with Crippen LogP contribution in [0, 0.1) is 5.92 Å². The van der Waals surface area contributed by atoms with Crippen molar-refractivity contribution in [3.8, 4) is 0 Å². The molecule has 0 radical (unpaired) electrons. The molecule has 0 saturated carbocycles. The van der Waals surface area contributed by atoms with Crippen LogP contribution in [0.1, 0.15) is 39.5 Å². The van der Waals surface area contributed by atoms with Crippen molar-refractivity contribution in [1.29, 1.82) is 0 Å². The van der Waals surface area contributed by atoms with E-state index in [9.17, 15) is 13.2 Å². The molecule has 5 nitrogen and oxygen atoms in total. The molecule has 0 unspecified atom stereocenters. The van der Waals surface area contributed by atoms with Crippen LogP contribution in [0.5, 0.6) is 0 Å². The predicted molar refractivity (Wildman–Crippen MR) is 89.8 cm³/mol. The minimum atomic E-state index is -3.47. The predicted octanol–water partition coefficient (Wildman–Crippen LogP) is 2.62. The van der Waals surface area contributed by atoms with Crippen LogP contribution >= 0.6 is 0 Å². The normalized spacial score (nSPS) is 26.7. The lowest BCUT2D eigenvalue weighted by atomic mass is 9.94. The van der Waals surface area contributed by atoms with Crippen molar-refractivity contribution in [2.24, 2.45) is 5.92 Å². The van der Waals surface area contributed by atoms with Crippen LogP contribution in [0.3, 0.4) is 0 Å². The molecule has 126 valence electrons. The van der Waals surface area contributed by atoms with E-state index in [0.29, 0.717) is 30.3 Å². The molecule has 1 aromatic carbocycles. The van der Waals surface area contributed by atoms with E-state index in [1.807, 2.05) is 6.92 Å². The van der Waals surface area contributed by atoms with Crippen molar-refractivity contribution in [3.05, 3.63) is 24.3 Å². The van der Waals surface area contributed by atoms with Gasteiger partial charge in [-0.05, 0) is 56.4 Å². The average molecular weight is 336 g/mol. The molecule has 2 aliphatic rings. The van der Waals surface area contributed by atoms with Gasteiger partial charge in [-0.1, -0.05) is 6.92 Å². The van der Waals surface area contributed by atoms with E-state index in [-0.39, 0.29) is 11.9 Å². The van der Waals surface area contributed by atoms with Gasteiger partial charge in [-0.3, -0.25) is 4.79 Å². The highest BCUT2D eigenvalue weighted by molar-refractivity contribution is 7.89. The van der Waals surface area contributed by atoms with Gasteiger partial charge >= 0.3 is 0 Å². The standard InChI is InChI=1S/C17H24N2O3S/c1-13-5-3-12-19(14(13)2)23(21,22)16-9-7-15(8-10-16)18-11-4-6-17(18)20/h7-10,13-14H,3-6,11-12H2,1-2H3/t13-,14+/m0/s1. The first kappa shape index (κ1) is 16.5. The second-order valence-corrected chi connectivity index (χ2v) is 8.51. The van der Waals surface area contributed by atoms with Gasteiger partial charge in [0.05, 0.1) is 4.90 Å². The molecule has 2 fully saturated rings. The number of carbonyl (C=O) groups excluding carboxylic acids is 1. The fourth-order valence-electron chi connectivity index (χ4n) is 3.49. The largest absolute Gasteiger partial charge is 0.312 e. The first-order valence-electron chi connectivity index (χ1n) is 8.33. The second kappa shape index (κ2) is 6.24. The number of carbonyl (C=O) groups is 1. The number of benzene rings is 1. The zero-order valence-electron chi connectivity index (χ0n) is 13.7. The second-order valence-electron chi connectivity index (χ2n) is 6.62. The van der Waals surface area contributed by atoms with Gasteiger partial charge in [0.1, 0.15) is 0 Å². The maximum Gasteiger partial charge on any atom is 0.243 e. The lowest BCUT2D eigenvalue weighted by molar-refractivity contribution is -0.117. The van der Waals surface area contributed by atoms with Crippen molar-refractivity contribution >= 4 is 21.6 Å². The van der Waals surface area contributed by atoms with Gasteiger partial charge < -0.3 is 4.90 Å². The highest BCUT2D eigenvalue weighted by Crippen LogP contribution is 2.30. The fraction of sp³-hybridized carbons (Fsp3) is 0.588. The van der Waals surface area contributed by atoms with Crippen LogP contribution in [-0.4, -0.2) is 37.8 Å². The maximum absolute atomic E-state index is 12.9. The van der Waals surface area contributed by atoms with Crippen LogP contribution in [0.4, 0.5) is 5.69 Å². The highest BCUT2D eigenvalue weighted by Gasteiger charge is 2.34. The Morgan fingerprint density at radius 3 is 2.35 bits per heavy atom. The Labute approximate surface area is 138 Å². The number of amides is 1. The van der Waals surface area contributed by atoms with Crippen molar-refractivity contribution in [2.75, 3.05) is 18.0 Å². The van der Waals surface area contributed by atoms with Crippen LogP contribution in [0.15, 0.2) is 29.2 Å². The molecule has 2 heterocycles. The molecule has 23 heavy (non-hydrogen) atoms.